The van der Waals surface area contributed by atoms with E-state index in [-0.39, 0.29) is 15.3 Å². The van der Waals surface area contributed by atoms with E-state index in [0.717, 1.165) is 16.2 Å². The topological polar surface area (TPSA) is 130 Å². The van der Waals surface area contributed by atoms with Crippen molar-refractivity contribution in [1.29, 1.82) is 0 Å². The third-order valence-electron chi connectivity index (χ3n) is 4.60. The normalized spacial score (nSPS) is 11.3. The predicted octanol–water partition coefficient (Wildman–Crippen LogP) is 3.48. The van der Waals surface area contributed by atoms with Crippen molar-refractivity contribution in [2.45, 2.75) is 11.1 Å². The Balaban J connectivity index is 1.51. The fraction of sp³-hybridized carbons (Fsp3) is 0.0952. The highest BCUT2D eigenvalue weighted by Gasteiger charge is 2.19. The lowest BCUT2D eigenvalue weighted by atomic mass is 10.1. The molecule has 0 saturated heterocycles. The average Bonchev–Trinajstić information content (AvgIpc) is 3.21. The number of ether oxygens (including phenoxy) is 1. The minimum Gasteiger partial charge on any atom is -0.497 e. The standard InChI is InChI=1S/C21H18N4O5S2/c1-12-3-10-18(31-12)32(28,29)25-21(27)22-14-6-4-13(5-7-14)19-20(26)16-9-8-15(30-2)11-17(16)23-24-19/h3-11H,1-2H3,(H,23,26)(H2,22,25,27). The molecule has 4 aromatic rings. The Morgan fingerprint density at radius 1 is 1.09 bits per heavy atom. The first-order valence-electron chi connectivity index (χ1n) is 9.34. The molecule has 2 aromatic heterocycles. The first kappa shape index (κ1) is 21.5. The van der Waals surface area contributed by atoms with Gasteiger partial charge in [-0.05, 0) is 43.3 Å². The molecule has 0 fully saturated rings. The third-order valence-corrected chi connectivity index (χ3v) is 7.42. The van der Waals surface area contributed by atoms with Gasteiger partial charge in [0.05, 0.1) is 12.6 Å². The molecule has 0 spiro atoms. The Kier molecular flexibility index (Phi) is 5.68. The fourth-order valence-corrected chi connectivity index (χ4v) is 5.22. The summed E-state index contributed by atoms with van der Waals surface area (Å²) in [5.41, 5.74) is 1.41. The molecule has 0 unspecified atom stereocenters. The van der Waals surface area contributed by atoms with Crippen molar-refractivity contribution < 1.29 is 17.9 Å². The number of carbonyl (C=O) groups excluding carboxylic acids is 1. The van der Waals surface area contributed by atoms with Gasteiger partial charge in [-0.3, -0.25) is 9.89 Å². The number of nitrogens with zero attached hydrogens (tertiary/aromatic N) is 1. The molecule has 32 heavy (non-hydrogen) atoms. The molecule has 0 aliphatic heterocycles. The Bertz CT molecular complexity index is 1470. The second-order valence-corrected chi connectivity index (χ2v) is 10.0. The van der Waals surface area contributed by atoms with E-state index in [9.17, 15) is 18.0 Å². The number of aromatic nitrogens is 2. The van der Waals surface area contributed by atoms with Gasteiger partial charge in [0.15, 0.2) is 0 Å². The van der Waals surface area contributed by atoms with Crippen molar-refractivity contribution in [2.24, 2.45) is 0 Å². The maximum atomic E-state index is 12.8. The number of urea groups is 1. The second-order valence-electron chi connectivity index (χ2n) is 6.81. The monoisotopic (exact) mass is 470 g/mol. The van der Waals surface area contributed by atoms with Gasteiger partial charge in [0.1, 0.15) is 15.7 Å². The molecule has 2 aromatic carbocycles. The number of rotatable bonds is 5. The first-order chi connectivity index (χ1) is 15.3. The lowest BCUT2D eigenvalue weighted by Gasteiger charge is -2.08. The lowest BCUT2D eigenvalue weighted by Crippen LogP contribution is -2.33. The van der Waals surface area contributed by atoms with Gasteiger partial charge >= 0.3 is 6.03 Å². The van der Waals surface area contributed by atoms with Crippen LogP contribution in [0.2, 0.25) is 0 Å². The lowest BCUT2D eigenvalue weighted by molar-refractivity contribution is 0.256. The summed E-state index contributed by atoms with van der Waals surface area (Å²) in [6, 6.07) is 13.6. The predicted molar refractivity (Wildman–Crippen MR) is 123 cm³/mol. The van der Waals surface area contributed by atoms with E-state index < -0.39 is 16.1 Å². The van der Waals surface area contributed by atoms with Crippen molar-refractivity contribution in [3.63, 3.8) is 0 Å². The molecule has 0 saturated carbocycles. The molecule has 0 bridgehead atoms. The van der Waals surface area contributed by atoms with E-state index in [1.165, 1.54) is 13.2 Å². The number of benzene rings is 2. The number of nitrogens with one attached hydrogen (secondary N) is 3. The molecule has 4 rings (SSSR count). The highest BCUT2D eigenvalue weighted by atomic mass is 32.2. The molecule has 2 amide bonds. The van der Waals surface area contributed by atoms with Gasteiger partial charge in [0, 0.05) is 27.6 Å². The zero-order chi connectivity index (χ0) is 22.9. The van der Waals surface area contributed by atoms with Crippen LogP contribution in [-0.4, -0.2) is 31.8 Å². The number of aryl methyl sites for hydroxylation is 1. The van der Waals surface area contributed by atoms with Crippen molar-refractivity contribution in [1.82, 2.24) is 14.9 Å². The highest BCUT2D eigenvalue weighted by Crippen LogP contribution is 2.22. The number of amides is 2. The van der Waals surface area contributed by atoms with E-state index in [2.05, 4.69) is 15.5 Å². The number of thiophene rings is 1. The van der Waals surface area contributed by atoms with Gasteiger partial charge in [-0.25, -0.2) is 17.9 Å². The number of aromatic amines is 1. The minimum atomic E-state index is -3.95. The summed E-state index contributed by atoms with van der Waals surface area (Å²) < 4.78 is 31.7. The van der Waals surface area contributed by atoms with E-state index in [4.69, 9.17) is 4.74 Å². The van der Waals surface area contributed by atoms with Gasteiger partial charge in [-0.2, -0.15) is 5.10 Å². The van der Waals surface area contributed by atoms with Crippen molar-refractivity contribution in [2.75, 3.05) is 12.4 Å². The van der Waals surface area contributed by atoms with Crippen LogP contribution in [-0.2, 0) is 10.0 Å². The highest BCUT2D eigenvalue weighted by molar-refractivity contribution is 7.92. The Hall–Kier alpha value is -3.70. The number of fused-ring (bicyclic) bond motifs is 1. The van der Waals surface area contributed by atoms with Gasteiger partial charge in [0.2, 0.25) is 5.43 Å². The largest absolute Gasteiger partial charge is 0.497 e. The summed E-state index contributed by atoms with van der Waals surface area (Å²) in [5, 5.41) is 9.93. The van der Waals surface area contributed by atoms with Crippen LogP contribution in [0.15, 0.2) is 63.6 Å². The van der Waals surface area contributed by atoms with Crippen LogP contribution in [0.3, 0.4) is 0 Å². The molecule has 3 N–H and O–H groups in total. The number of H-pyrrole nitrogens is 1. The van der Waals surface area contributed by atoms with E-state index in [1.807, 2.05) is 4.72 Å². The fourth-order valence-electron chi connectivity index (χ4n) is 3.03. The van der Waals surface area contributed by atoms with Crippen LogP contribution < -0.4 is 20.2 Å². The van der Waals surface area contributed by atoms with E-state index in [0.29, 0.717) is 27.9 Å². The van der Waals surface area contributed by atoms with Gasteiger partial charge in [-0.15, -0.1) is 11.3 Å². The van der Waals surface area contributed by atoms with Gasteiger partial charge < -0.3 is 10.1 Å². The Morgan fingerprint density at radius 3 is 2.50 bits per heavy atom. The number of anilines is 1. The number of hydrogen-bond donors (Lipinski definition) is 3. The zero-order valence-electron chi connectivity index (χ0n) is 17.0. The summed E-state index contributed by atoms with van der Waals surface area (Å²) >= 11 is 1.07. The summed E-state index contributed by atoms with van der Waals surface area (Å²) in [4.78, 5) is 25.8. The van der Waals surface area contributed by atoms with Crippen LogP contribution in [0.4, 0.5) is 10.5 Å². The van der Waals surface area contributed by atoms with Crippen molar-refractivity contribution in [3.8, 4) is 17.0 Å². The van der Waals surface area contributed by atoms with Crippen LogP contribution in [0, 0.1) is 6.92 Å². The number of hydrogen-bond acceptors (Lipinski definition) is 7. The molecule has 9 nitrogen and oxygen atoms in total. The number of methoxy groups -OCH3 is 1. The van der Waals surface area contributed by atoms with Crippen LogP contribution in [0.1, 0.15) is 4.88 Å². The number of sulfonamides is 1. The van der Waals surface area contributed by atoms with Gasteiger partial charge in [-0.1, -0.05) is 12.1 Å². The molecular formula is C21H18N4O5S2. The first-order valence-corrected chi connectivity index (χ1v) is 11.6. The Labute approximate surface area is 187 Å². The maximum Gasteiger partial charge on any atom is 0.333 e. The molecule has 0 atom stereocenters. The summed E-state index contributed by atoms with van der Waals surface area (Å²) in [6.45, 7) is 1.78. The molecule has 0 aliphatic carbocycles. The Morgan fingerprint density at radius 2 is 1.84 bits per heavy atom. The van der Waals surface area contributed by atoms with Crippen molar-refractivity contribution >= 4 is 44.0 Å². The molecule has 2 heterocycles. The van der Waals surface area contributed by atoms with Crippen LogP contribution in [0.25, 0.3) is 22.2 Å². The summed E-state index contributed by atoms with van der Waals surface area (Å²) in [5.74, 6) is 0.604. The van der Waals surface area contributed by atoms with Crippen molar-refractivity contribution in [3.05, 3.63) is 69.7 Å². The minimum absolute atomic E-state index is 0.0553. The number of carbonyl (C=O) groups is 1. The zero-order valence-corrected chi connectivity index (χ0v) is 18.6. The molecule has 164 valence electrons. The van der Waals surface area contributed by atoms with Crippen LogP contribution in [0.5, 0.6) is 5.75 Å². The SMILES string of the molecule is COc1ccc2c(=O)c(-c3ccc(NC(=O)NS(=O)(=O)c4ccc(C)s4)cc3)n[nH]c2c1. The smallest absolute Gasteiger partial charge is 0.333 e. The molecule has 11 heteroatoms. The average molecular weight is 471 g/mol. The van der Waals surface area contributed by atoms with Gasteiger partial charge in [0.25, 0.3) is 10.0 Å². The quantitative estimate of drug-likeness (QED) is 0.409. The molecule has 0 aliphatic rings. The molecular weight excluding hydrogens is 452 g/mol. The maximum absolute atomic E-state index is 12.8. The summed E-state index contributed by atoms with van der Waals surface area (Å²) in [6.07, 6.45) is 0. The third kappa shape index (κ3) is 4.34. The van der Waals surface area contributed by atoms with Crippen LogP contribution >= 0.6 is 11.3 Å². The summed E-state index contributed by atoms with van der Waals surface area (Å²) in [7, 11) is -2.41. The second kappa shape index (κ2) is 8.44. The van der Waals surface area contributed by atoms with E-state index >= 15 is 0 Å². The molecule has 0 radical (unpaired) electrons. The van der Waals surface area contributed by atoms with E-state index in [1.54, 1.807) is 55.5 Å².